The highest BCUT2D eigenvalue weighted by molar-refractivity contribution is 5.29. The van der Waals surface area contributed by atoms with Gasteiger partial charge in [-0.05, 0) is 17.9 Å². The van der Waals surface area contributed by atoms with Gasteiger partial charge < -0.3 is 5.32 Å². The van der Waals surface area contributed by atoms with E-state index in [0.29, 0.717) is 5.41 Å². The van der Waals surface area contributed by atoms with Gasteiger partial charge in [-0.25, -0.2) is 0 Å². The van der Waals surface area contributed by atoms with Crippen LogP contribution in [0.15, 0.2) is 54.6 Å². The van der Waals surface area contributed by atoms with Gasteiger partial charge in [0.05, 0.1) is 0 Å². The Labute approximate surface area is 96.9 Å². The van der Waals surface area contributed by atoms with Crippen LogP contribution >= 0.6 is 0 Å². The maximum Gasteiger partial charge on any atom is 0.0205 e. The molecular formula is C15H17N. The van der Waals surface area contributed by atoms with E-state index >= 15 is 0 Å². The lowest BCUT2D eigenvalue weighted by Crippen LogP contribution is -2.24. The molecule has 1 aromatic rings. The number of benzene rings is 1. The van der Waals surface area contributed by atoms with Gasteiger partial charge in [0.25, 0.3) is 0 Å². The second-order valence-electron chi connectivity index (χ2n) is 4.88. The molecule has 1 nitrogen and oxygen atoms in total. The normalized spacial score (nSPS) is 30.1. The third-order valence-corrected chi connectivity index (χ3v) is 3.69. The minimum absolute atomic E-state index is 0.448. The van der Waals surface area contributed by atoms with Crippen molar-refractivity contribution in [3.63, 3.8) is 0 Å². The Balaban J connectivity index is 1.52. The molecule has 82 valence electrons. The predicted octanol–water partition coefficient (Wildman–Crippen LogP) is 2.91. The first-order valence-electron chi connectivity index (χ1n) is 6.00. The summed E-state index contributed by atoms with van der Waals surface area (Å²) in [4.78, 5) is 0. The van der Waals surface area contributed by atoms with E-state index in [0.717, 1.165) is 19.0 Å². The van der Waals surface area contributed by atoms with E-state index < -0.39 is 0 Å². The van der Waals surface area contributed by atoms with Crippen molar-refractivity contribution in [3.05, 3.63) is 60.2 Å². The number of rotatable bonds is 4. The SMILES string of the molecule is C1=CC2CC2(CNCc2ccccc2)C=C1. The quantitative estimate of drug-likeness (QED) is 0.807. The summed E-state index contributed by atoms with van der Waals surface area (Å²) in [6.07, 6.45) is 10.4. The van der Waals surface area contributed by atoms with Crippen LogP contribution in [0.1, 0.15) is 12.0 Å². The summed E-state index contributed by atoms with van der Waals surface area (Å²) < 4.78 is 0. The van der Waals surface area contributed by atoms with Crippen molar-refractivity contribution in [2.24, 2.45) is 11.3 Å². The van der Waals surface area contributed by atoms with E-state index in [-0.39, 0.29) is 0 Å². The average molecular weight is 211 g/mol. The topological polar surface area (TPSA) is 12.0 Å². The fourth-order valence-electron chi connectivity index (χ4n) is 2.54. The predicted molar refractivity (Wildman–Crippen MR) is 67.0 cm³/mol. The fraction of sp³-hybridized carbons (Fsp3) is 0.333. The van der Waals surface area contributed by atoms with E-state index in [2.05, 4.69) is 60.0 Å². The molecular weight excluding hydrogens is 194 g/mol. The summed E-state index contributed by atoms with van der Waals surface area (Å²) in [5, 5.41) is 3.57. The van der Waals surface area contributed by atoms with Crippen LogP contribution in [0.4, 0.5) is 0 Å². The smallest absolute Gasteiger partial charge is 0.0205 e. The number of nitrogens with one attached hydrogen (secondary N) is 1. The standard InChI is InChI=1S/C15H17N/c1-2-6-13(7-3-1)11-16-12-15-9-5-4-8-14(15)10-15/h1-9,14,16H,10-12H2. The average Bonchev–Trinajstić information content (AvgIpc) is 3.05. The molecule has 1 N–H and O–H groups in total. The molecule has 1 heteroatoms. The molecule has 0 saturated heterocycles. The Kier molecular flexibility index (Phi) is 2.41. The molecule has 2 aliphatic rings. The second-order valence-corrected chi connectivity index (χ2v) is 4.88. The van der Waals surface area contributed by atoms with Crippen LogP contribution in [0.3, 0.4) is 0 Å². The summed E-state index contributed by atoms with van der Waals surface area (Å²) in [7, 11) is 0. The third-order valence-electron chi connectivity index (χ3n) is 3.69. The van der Waals surface area contributed by atoms with Gasteiger partial charge in [-0.15, -0.1) is 0 Å². The van der Waals surface area contributed by atoms with E-state index in [1.165, 1.54) is 12.0 Å². The largest absolute Gasteiger partial charge is 0.312 e. The van der Waals surface area contributed by atoms with Crippen LogP contribution in [0.2, 0.25) is 0 Å². The van der Waals surface area contributed by atoms with Crippen molar-refractivity contribution in [2.75, 3.05) is 6.54 Å². The van der Waals surface area contributed by atoms with Gasteiger partial charge in [0.1, 0.15) is 0 Å². The van der Waals surface area contributed by atoms with Gasteiger partial charge in [-0.2, -0.15) is 0 Å². The number of fused-ring (bicyclic) bond motifs is 1. The molecule has 2 unspecified atom stereocenters. The lowest BCUT2D eigenvalue weighted by molar-refractivity contribution is 0.524. The van der Waals surface area contributed by atoms with Crippen molar-refractivity contribution in [1.82, 2.24) is 5.32 Å². The van der Waals surface area contributed by atoms with Crippen LogP contribution in [0, 0.1) is 11.3 Å². The molecule has 3 rings (SSSR count). The molecule has 1 fully saturated rings. The minimum atomic E-state index is 0.448. The third kappa shape index (κ3) is 1.83. The first-order valence-corrected chi connectivity index (χ1v) is 6.00. The maximum absolute atomic E-state index is 3.57. The molecule has 0 heterocycles. The lowest BCUT2D eigenvalue weighted by atomic mass is 9.99. The second kappa shape index (κ2) is 3.91. The first kappa shape index (κ1) is 9.86. The summed E-state index contributed by atoms with van der Waals surface area (Å²) >= 11 is 0. The van der Waals surface area contributed by atoms with Crippen molar-refractivity contribution in [1.29, 1.82) is 0 Å². The fourth-order valence-corrected chi connectivity index (χ4v) is 2.54. The van der Waals surface area contributed by atoms with E-state index in [1.807, 2.05) is 0 Å². The Bertz CT molecular complexity index is 418. The highest BCUT2D eigenvalue weighted by Crippen LogP contribution is 2.55. The minimum Gasteiger partial charge on any atom is -0.312 e. The Morgan fingerprint density at radius 1 is 1.19 bits per heavy atom. The maximum atomic E-state index is 3.57. The molecule has 0 amide bonds. The number of hydrogen-bond donors (Lipinski definition) is 1. The molecule has 0 aromatic heterocycles. The van der Waals surface area contributed by atoms with Gasteiger partial charge in [-0.1, -0.05) is 54.6 Å². The van der Waals surface area contributed by atoms with Crippen molar-refractivity contribution in [2.45, 2.75) is 13.0 Å². The number of hydrogen-bond acceptors (Lipinski definition) is 1. The van der Waals surface area contributed by atoms with Crippen LogP contribution in [-0.2, 0) is 6.54 Å². The first-order chi connectivity index (χ1) is 7.89. The van der Waals surface area contributed by atoms with Gasteiger partial charge in [-0.3, -0.25) is 0 Å². The summed E-state index contributed by atoms with van der Waals surface area (Å²) in [6.45, 7) is 2.08. The molecule has 0 bridgehead atoms. The van der Waals surface area contributed by atoms with Crippen LogP contribution in [0.5, 0.6) is 0 Å². The van der Waals surface area contributed by atoms with Crippen LogP contribution in [0.25, 0.3) is 0 Å². The summed E-state index contributed by atoms with van der Waals surface area (Å²) in [5.74, 6) is 0.792. The Hall–Kier alpha value is -1.34. The molecule has 1 saturated carbocycles. The summed E-state index contributed by atoms with van der Waals surface area (Å²) in [6, 6.07) is 10.6. The van der Waals surface area contributed by atoms with E-state index in [9.17, 15) is 0 Å². The Morgan fingerprint density at radius 3 is 2.88 bits per heavy atom. The summed E-state index contributed by atoms with van der Waals surface area (Å²) in [5.41, 5.74) is 1.82. The Morgan fingerprint density at radius 2 is 2.06 bits per heavy atom. The molecule has 0 spiro atoms. The highest BCUT2D eigenvalue weighted by Gasteiger charge is 2.50. The monoisotopic (exact) mass is 211 g/mol. The molecule has 2 aliphatic carbocycles. The zero-order valence-electron chi connectivity index (χ0n) is 9.39. The molecule has 1 aromatic carbocycles. The zero-order chi connectivity index (χ0) is 10.8. The molecule has 2 atom stereocenters. The van der Waals surface area contributed by atoms with Gasteiger partial charge in [0.2, 0.25) is 0 Å². The van der Waals surface area contributed by atoms with Crippen molar-refractivity contribution >= 4 is 0 Å². The molecule has 0 aliphatic heterocycles. The van der Waals surface area contributed by atoms with E-state index in [1.54, 1.807) is 0 Å². The van der Waals surface area contributed by atoms with Crippen LogP contribution < -0.4 is 5.32 Å². The zero-order valence-corrected chi connectivity index (χ0v) is 9.39. The van der Waals surface area contributed by atoms with Crippen molar-refractivity contribution in [3.8, 4) is 0 Å². The van der Waals surface area contributed by atoms with E-state index in [4.69, 9.17) is 0 Å². The molecule has 16 heavy (non-hydrogen) atoms. The molecule has 0 radical (unpaired) electrons. The highest BCUT2D eigenvalue weighted by atomic mass is 14.9. The van der Waals surface area contributed by atoms with Gasteiger partial charge in [0.15, 0.2) is 0 Å². The lowest BCUT2D eigenvalue weighted by Gasteiger charge is -2.14. The van der Waals surface area contributed by atoms with Gasteiger partial charge >= 0.3 is 0 Å². The number of allylic oxidation sites excluding steroid dienone is 3. The van der Waals surface area contributed by atoms with Gasteiger partial charge in [0, 0.05) is 18.5 Å². The van der Waals surface area contributed by atoms with Crippen molar-refractivity contribution < 1.29 is 0 Å². The van der Waals surface area contributed by atoms with Crippen LogP contribution in [-0.4, -0.2) is 6.54 Å².